The van der Waals surface area contributed by atoms with Gasteiger partial charge in [0.05, 0.1) is 18.8 Å². The number of halogens is 2. The number of benzene rings is 3. The molecule has 0 radical (unpaired) electrons. The van der Waals surface area contributed by atoms with Crippen LogP contribution in [0, 0.1) is 11.6 Å². The molecule has 36 heavy (non-hydrogen) atoms. The van der Waals surface area contributed by atoms with E-state index in [1.807, 2.05) is 11.8 Å². The standard InChI is InChI=1S/C16H19F2NO2.C14H14S/c1-3-6-12-15(18)13(17)9-14(16(12)21-2)19-8-5-4-7-11(19)10-20;1-3-7-13(8-4-1)11-15-12-14-9-5-2-6-10-14/h3,9-11H,1,4-8H2,2H3;1-10H,11-12H2. The van der Waals surface area contributed by atoms with Crippen LogP contribution in [0.1, 0.15) is 36.0 Å². The molecule has 1 atom stereocenters. The summed E-state index contributed by atoms with van der Waals surface area (Å²) in [6, 6.07) is 22.0. The largest absolute Gasteiger partial charge is 0.494 e. The number of hydrogen-bond acceptors (Lipinski definition) is 4. The average Bonchev–Trinajstić information content (AvgIpc) is 2.93. The van der Waals surface area contributed by atoms with Gasteiger partial charge < -0.3 is 14.4 Å². The lowest BCUT2D eigenvalue weighted by Crippen LogP contribution is -2.41. The first-order chi connectivity index (χ1) is 17.6. The van der Waals surface area contributed by atoms with E-state index >= 15 is 0 Å². The Hall–Kier alpha value is -3.12. The highest BCUT2D eigenvalue weighted by atomic mass is 32.2. The van der Waals surface area contributed by atoms with E-state index in [2.05, 4.69) is 67.2 Å². The second kappa shape index (κ2) is 14.4. The van der Waals surface area contributed by atoms with Gasteiger partial charge in [-0.2, -0.15) is 11.8 Å². The zero-order valence-electron chi connectivity index (χ0n) is 20.7. The van der Waals surface area contributed by atoms with Crippen LogP contribution in [0.3, 0.4) is 0 Å². The van der Waals surface area contributed by atoms with Crippen LogP contribution in [0.2, 0.25) is 0 Å². The number of carbonyl (C=O) groups is 1. The van der Waals surface area contributed by atoms with Gasteiger partial charge in [0, 0.05) is 29.7 Å². The number of aldehydes is 1. The van der Waals surface area contributed by atoms with Crippen LogP contribution in [-0.4, -0.2) is 26.0 Å². The van der Waals surface area contributed by atoms with E-state index in [-0.39, 0.29) is 23.8 Å². The van der Waals surface area contributed by atoms with Crippen LogP contribution < -0.4 is 9.64 Å². The molecule has 1 unspecified atom stereocenters. The number of carbonyl (C=O) groups excluding carboxylic acids is 1. The van der Waals surface area contributed by atoms with Crippen molar-refractivity contribution in [2.75, 3.05) is 18.6 Å². The summed E-state index contributed by atoms with van der Waals surface area (Å²) in [6.45, 7) is 4.18. The first-order valence-electron chi connectivity index (χ1n) is 12.1. The van der Waals surface area contributed by atoms with Crippen molar-refractivity contribution in [1.29, 1.82) is 0 Å². The van der Waals surface area contributed by atoms with Crippen molar-refractivity contribution >= 4 is 23.7 Å². The molecule has 0 spiro atoms. The van der Waals surface area contributed by atoms with Crippen molar-refractivity contribution in [2.24, 2.45) is 0 Å². The van der Waals surface area contributed by atoms with Crippen LogP contribution in [0.15, 0.2) is 79.4 Å². The summed E-state index contributed by atoms with van der Waals surface area (Å²) in [7, 11) is 1.42. The maximum absolute atomic E-state index is 14.0. The maximum Gasteiger partial charge on any atom is 0.166 e. The molecule has 3 nitrogen and oxygen atoms in total. The predicted molar refractivity (Wildman–Crippen MR) is 146 cm³/mol. The zero-order chi connectivity index (χ0) is 25.8. The summed E-state index contributed by atoms with van der Waals surface area (Å²) in [4.78, 5) is 13.0. The minimum Gasteiger partial charge on any atom is -0.494 e. The number of nitrogens with zero attached hydrogens (tertiary/aromatic N) is 1. The molecular formula is C30H33F2NO2S. The molecule has 6 heteroatoms. The van der Waals surface area contributed by atoms with Crippen molar-refractivity contribution in [3.05, 3.63) is 108 Å². The molecule has 0 bridgehead atoms. The number of ether oxygens (including phenoxy) is 1. The van der Waals surface area contributed by atoms with Gasteiger partial charge >= 0.3 is 0 Å². The third-order valence-corrected chi connectivity index (χ3v) is 7.11. The molecule has 0 amide bonds. The van der Waals surface area contributed by atoms with E-state index in [0.717, 1.165) is 36.7 Å². The number of allylic oxidation sites excluding steroid dienone is 1. The van der Waals surface area contributed by atoms with Crippen molar-refractivity contribution in [3.8, 4) is 5.75 Å². The van der Waals surface area contributed by atoms with Gasteiger partial charge in [0.1, 0.15) is 12.0 Å². The summed E-state index contributed by atoms with van der Waals surface area (Å²) < 4.78 is 33.2. The van der Waals surface area contributed by atoms with E-state index in [0.29, 0.717) is 18.7 Å². The monoisotopic (exact) mass is 509 g/mol. The maximum atomic E-state index is 14.0. The topological polar surface area (TPSA) is 29.5 Å². The number of anilines is 1. The Morgan fingerprint density at radius 2 is 1.64 bits per heavy atom. The van der Waals surface area contributed by atoms with Crippen LogP contribution in [0.25, 0.3) is 0 Å². The molecule has 3 aromatic carbocycles. The quantitative estimate of drug-likeness (QED) is 0.222. The minimum absolute atomic E-state index is 0.137. The fourth-order valence-electron chi connectivity index (χ4n) is 4.25. The van der Waals surface area contributed by atoms with Crippen molar-refractivity contribution in [1.82, 2.24) is 0 Å². The summed E-state index contributed by atoms with van der Waals surface area (Å²) in [5.74, 6) is 0.612. The Morgan fingerprint density at radius 3 is 2.17 bits per heavy atom. The molecule has 1 saturated heterocycles. The molecule has 1 aliphatic heterocycles. The fourth-order valence-corrected chi connectivity index (χ4v) is 5.21. The molecule has 0 aromatic heterocycles. The van der Waals surface area contributed by atoms with E-state index in [4.69, 9.17) is 4.74 Å². The minimum atomic E-state index is -0.933. The SMILES string of the molecule is C=CCc1c(F)c(F)cc(N2CCCCC2C=O)c1OC.c1ccc(CSCc2ccccc2)cc1. The second-order valence-corrected chi connectivity index (χ2v) is 9.54. The average molecular weight is 510 g/mol. The van der Waals surface area contributed by atoms with Gasteiger partial charge in [-0.15, -0.1) is 6.58 Å². The number of piperidine rings is 1. The van der Waals surface area contributed by atoms with Crippen LogP contribution in [-0.2, 0) is 22.7 Å². The Balaban J connectivity index is 0.000000212. The molecule has 190 valence electrons. The Labute approximate surface area is 217 Å². The smallest absolute Gasteiger partial charge is 0.166 e. The Kier molecular flexibility index (Phi) is 11.0. The Morgan fingerprint density at radius 1 is 1.03 bits per heavy atom. The van der Waals surface area contributed by atoms with Crippen LogP contribution in [0.4, 0.5) is 14.5 Å². The molecule has 1 fully saturated rings. The number of hydrogen-bond donors (Lipinski definition) is 0. The highest BCUT2D eigenvalue weighted by Crippen LogP contribution is 2.38. The lowest BCUT2D eigenvalue weighted by Gasteiger charge is -2.35. The zero-order valence-corrected chi connectivity index (χ0v) is 21.5. The normalized spacial score (nSPS) is 15.0. The van der Waals surface area contributed by atoms with Gasteiger partial charge in [0.2, 0.25) is 0 Å². The molecular weight excluding hydrogens is 476 g/mol. The molecule has 0 saturated carbocycles. The first-order valence-corrected chi connectivity index (χ1v) is 13.3. The first kappa shape index (κ1) is 27.5. The van der Waals surface area contributed by atoms with E-state index < -0.39 is 11.6 Å². The molecule has 3 aromatic rings. The van der Waals surface area contributed by atoms with Gasteiger partial charge in [0.25, 0.3) is 0 Å². The van der Waals surface area contributed by atoms with Gasteiger partial charge in [-0.25, -0.2) is 8.78 Å². The summed E-state index contributed by atoms with van der Waals surface area (Å²) in [5.41, 5.74) is 3.37. The van der Waals surface area contributed by atoms with Gasteiger partial charge in [-0.1, -0.05) is 66.7 Å². The summed E-state index contributed by atoms with van der Waals surface area (Å²) in [5, 5.41) is 0. The van der Waals surface area contributed by atoms with Gasteiger partial charge in [0.15, 0.2) is 11.6 Å². The highest BCUT2D eigenvalue weighted by Gasteiger charge is 2.28. The Bertz CT molecular complexity index is 1070. The molecule has 4 rings (SSSR count). The lowest BCUT2D eigenvalue weighted by atomic mass is 10.00. The number of methoxy groups -OCH3 is 1. The highest BCUT2D eigenvalue weighted by molar-refractivity contribution is 7.97. The fraction of sp³-hybridized carbons (Fsp3) is 0.300. The summed E-state index contributed by atoms with van der Waals surface area (Å²) >= 11 is 1.96. The second-order valence-electron chi connectivity index (χ2n) is 8.55. The van der Waals surface area contributed by atoms with E-state index in [9.17, 15) is 13.6 Å². The van der Waals surface area contributed by atoms with E-state index in [1.54, 1.807) is 4.90 Å². The van der Waals surface area contributed by atoms with Crippen molar-refractivity contribution < 1.29 is 18.3 Å². The lowest BCUT2D eigenvalue weighted by molar-refractivity contribution is -0.109. The predicted octanol–water partition coefficient (Wildman–Crippen LogP) is 7.38. The number of rotatable bonds is 9. The third kappa shape index (κ3) is 7.44. The van der Waals surface area contributed by atoms with Gasteiger partial charge in [-0.3, -0.25) is 0 Å². The van der Waals surface area contributed by atoms with Crippen LogP contribution in [0.5, 0.6) is 5.75 Å². The molecule has 1 heterocycles. The van der Waals surface area contributed by atoms with Crippen molar-refractivity contribution in [3.63, 3.8) is 0 Å². The number of thioether (sulfide) groups is 1. The van der Waals surface area contributed by atoms with E-state index in [1.165, 1.54) is 24.3 Å². The van der Waals surface area contributed by atoms with Gasteiger partial charge in [-0.05, 0) is 36.8 Å². The molecule has 0 N–H and O–H groups in total. The molecule has 1 aliphatic rings. The third-order valence-electron chi connectivity index (χ3n) is 6.04. The van der Waals surface area contributed by atoms with Crippen LogP contribution >= 0.6 is 11.8 Å². The summed E-state index contributed by atoms with van der Waals surface area (Å²) in [6.07, 6.45) is 5.08. The molecule has 0 aliphatic carbocycles. The van der Waals surface area contributed by atoms with Crippen molar-refractivity contribution in [2.45, 2.75) is 43.2 Å².